The molecule has 0 aliphatic heterocycles. The largest absolute Gasteiger partial charge is 0.238 e. The predicted octanol–water partition coefficient (Wildman–Crippen LogP) is 3.18. The van der Waals surface area contributed by atoms with Crippen LogP contribution in [0.1, 0.15) is 22.3 Å². The lowest BCUT2D eigenvalue weighted by Gasteiger charge is -2.24. The third-order valence-corrected chi connectivity index (χ3v) is 3.26. The molecule has 0 amide bonds. The Hall–Kier alpha value is -2.80. The normalized spacial score (nSPS) is 10.4. The van der Waals surface area contributed by atoms with Crippen LogP contribution in [0.25, 0.3) is 0 Å². The SMILES string of the molecule is Cc1cccc(C(N=C=O)(N=C=O)c2cccc(C)c2)c1. The van der Waals surface area contributed by atoms with E-state index in [1.807, 2.05) is 50.2 Å². The van der Waals surface area contributed by atoms with E-state index in [0.29, 0.717) is 11.1 Å². The highest BCUT2D eigenvalue weighted by molar-refractivity contribution is 5.50. The smallest absolute Gasteiger partial charge is 0.211 e. The van der Waals surface area contributed by atoms with Crippen molar-refractivity contribution in [1.82, 2.24) is 0 Å². The van der Waals surface area contributed by atoms with Gasteiger partial charge in [-0.1, -0.05) is 59.7 Å². The number of aliphatic imine (C=N–C) groups is 2. The van der Waals surface area contributed by atoms with E-state index < -0.39 is 5.66 Å². The van der Waals surface area contributed by atoms with Crippen molar-refractivity contribution in [3.63, 3.8) is 0 Å². The van der Waals surface area contributed by atoms with E-state index in [1.54, 1.807) is 12.1 Å². The summed E-state index contributed by atoms with van der Waals surface area (Å²) in [6.07, 6.45) is 3.06. The van der Waals surface area contributed by atoms with Crippen LogP contribution in [0.4, 0.5) is 0 Å². The summed E-state index contributed by atoms with van der Waals surface area (Å²) in [6, 6.07) is 14.7. The van der Waals surface area contributed by atoms with Gasteiger partial charge in [-0.3, -0.25) is 0 Å². The maximum absolute atomic E-state index is 10.9. The molecule has 0 bridgehead atoms. The molecule has 4 nitrogen and oxygen atoms in total. The molecule has 0 fully saturated rings. The molecule has 2 aromatic carbocycles. The molecule has 2 rings (SSSR count). The number of nitrogens with zero attached hydrogens (tertiary/aromatic N) is 2. The molecule has 0 saturated heterocycles. The zero-order valence-electron chi connectivity index (χ0n) is 11.8. The van der Waals surface area contributed by atoms with Gasteiger partial charge in [0.1, 0.15) is 0 Å². The average molecular weight is 278 g/mol. The van der Waals surface area contributed by atoms with Gasteiger partial charge in [0.25, 0.3) is 0 Å². The van der Waals surface area contributed by atoms with E-state index in [2.05, 4.69) is 9.98 Å². The molecule has 2 aromatic rings. The molecule has 0 N–H and O–H groups in total. The minimum atomic E-state index is -1.43. The van der Waals surface area contributed by atoms with Crippen LogP contribution in [-0.4, -0.2) is 12.2 Å². The van der Waals surface area contributed by atoms with Crippen molar-refractivity contribution >= 4 is 12.2 Å². The molecule has 0 spiro atoms. The minimum absolute atomic E-state index is 0.625. The first kappa shape index (κ1) is 14.6. The first-order chi connectivity index (χ1) is 10.1. The van der Waals surface area contributed by atoms with Crippen LogP contribution in [0, 0.1) is 13.8 Å². The number of benzene rings is 2. The summed E-state index contributed by atoms with van der Waals surface area (Å²) in [5.74, 6) is 0. The third kappa shape index (κ3) is 2.87. The molecule has 104 valence electrons. The second-order valence-electron chi connectivity index (χ2n) is 4.82. The molecule has 0 unspecified atom stereocenters. The Labute approximate surface area is 122 Å². The van der Waals surface area contributed by atoms with E-state index in [0.717, 1.165) is 11.1 Å². The van der Waals surface area contributed by atoms with Crippen LogP contribution in [0.2, 0.25) is 0 Å². The Morgan fingerprint density at radius 2 is 1.24 bits per heavy atom. The Bertz CT molecular complexity index is 689. The molecule has 0 aliphatic carbocycles. The van der Waals surface area contributed by atoms with Crippen LogP contribution < -0.4 is 0 Å². The first-order valence-electron chi connectivity index (χ1n) is 6.45. The summed E-state index contributed by atoms with van der Waals surface area (Å²) in [6.45, 7) is 3.83. The van der Waals surface area contributed by atoms with Crippen molar-refractivity contribution < 1.29 is 9.59 Å². The predicted molar refractivity (Wildman–Crippen MR) is 79.4 cm³/mol. The topological polar surface area (TPSA) is 58.9 Å². The molecule has 0 radical (unpaired) electrons. The molecular formula is C17H14N2O2. The van der Waals surface area contributed by atoms with Crippen molar-refractivity contribution in [2.24, 2.45) is 9.98 Å². The quantitative estimate of drug-likeness (QED) is 0.637. The summed E-state index contributed by atoms with van der Waals surface area (Å²) >= 11 is 0. The van der Waals surface area contributed by atoms with Gasteiger partial charge in [-0.05, 0) is 13.8 Å². The molecule has 0 aromatic heterocycles. The molecule has 0 aliphatic rings. The zero-order valence-corrected chi connectivity index (χ0v) is 11.8. The standard InChI is InChI=1S/C17H14N2O2/c1-13-5-3-7-15(9-13)17(18-11-20,19-12-21)16-8-4-6-14(2)10-16/h3-10H,1-2H3. The molecule has 21 heavy (non-hydrogen) atoms. The number of hydrogen-bond donors (Lipinski definition) is 0. The fourth-order valence-electron chi connectivity index (χ4n) is 2.31. The van der Waals surface area contributed by atoms with Crippen LogP contribution in [0.3, 0.4) is 0 Å². The van der Waals surface area contributed by atoms with Gasteiger partial charge in [0, 0.05) is 11.1 Å². The minimum Gasteiger partial charge on any atom is -0.211 e. The van der Waals surface area contributed by atoms with Gasteiger partial charge in [-0.25, -0.2) is 9.59 Å². The number of hydrogen-bond acceptors (Lipinski definition) is 4. The van der Waals surface area contributed by atoms with Crippen molar-refractivity contribution in [2.45, 2.75) is 19.5 Å². The molecule has 0 saturated carbocycles. The zero-order chi connectivity index (χ0) is 15.3. The molecule has 0 atom stereocenters. The number of aryl methyl sites for hydroxylation is 2. The summed E-state index contributed by atoms with van der Waals surface area (Å²) < 4.78 is 0. The van der Waals surface area contributed by atoms with Crippen molar-refractivity contribution in [1.29, 1.82) is 0 Å². The molecule has 4 heteroatoms. The van der Waals surface area contributed by atoms with Crippen LogP contribution >= 0.6 is 0 Å². The highest BCUT2D eigenvalue weighted by atomic mass is 16.1. The third-order valence-electron chi connectivity index (χ3n) is 3.26. The fourth-order valence-corrected chi connectivity index (χ4v) is 2.31. The summed E-state index contributed by atoms with van der Waals surface area (Å²) in [4.78, 5) is 29.5. The lowest BCUT2D eigenvalue weighted by Crippen LogP contribution is -2.23. The summed E-state index contributed by atoms with van der Waals surface area (Å²) in [7, 11) is 0. The first-order valence-corrected chi connectivity index (χ1v) is 6.45. The number of rotatable bonds is 4. The lowest BCUT2D eigenvalue weighted by atomic mass is 9.90. The highest BCUT2D eigenvalue weighted by Crippen LogP contribution is 2.35. The van der Waals surface area contributed by atoms with E-state index in [-0.39, 0.29) is 0 Å². The second kappa shape index (κ2) is 6.10. The van der Waals surface area contributed by atoms with Gasteiger partial charge < -0.3 is 0 Å². The summed E-state index contributed by atoms with van der Waals surface area (Å²) in [5, 5.41) is 0. The second-order valence-corrected chi connectivity index (χ2v) is 4.82. The number of isocyanates is 2. The average Bonchev–Trinajstić information content (AvgIpc) is 2.47. The Morgan fingerprint density at radius 3 is 1.57 bits per heavy atom. The summed E-state index contributed by atoms with van der Waals surface area (Å²) in [5.41, 5.74) is 1.78. The Morgan fingerprint density at radius 1 is 0.810 bits per heavy atom. The maximum atomic E-state index is 10.9. The van der Waals surface area contributed by atoms with Crippen LogP contribution in [0.5, 0.6) is 0 Å². The van der Waals surface area contributed by atoms with Crippen molar-refractivity contribution in [3.05, 3.63) is 70.8 Å². The lowest BCUT2D eigenvalue weighted by molar-refractivity contribution is 0.516. The van der Waals surface area contributed by atoms with Gasteiger partial charge >= 0.3 is 0 Å². The fraction of sp³-hybridized carbons (Fsp3) is 0.176. The van der Waals surface area contributed by atoms with E-state index in [9.17, 15) is 9.59 Å². The molecule has 0 heterocycles. The van der Waals surface area contributed by atoms with Gasteiger partial charge in [0.2, 0.25) is 17.8 Å². The number of carbonyl (C=O) groups excluding carboxylic acids is 2. The maximum Gasteiger partial charge on any atom is 0.238 e. The van der Waals surface area contributed by atoms with Crippen LogP contribution in [-0.2, 0) is 15.3 Å². The van der Waals surface area contributed by atoms with Gasteiger partial charge in [-0.15, -0.1) is 0 Å². The van der Waals surface area contributed by atoms with E-state index >= 15 is 0 Å². The van der Waals surface area contributed by atoms with Crippen LogP contribution in [0.15, 0.2) is 58.5 Å². The Balaban J connectivity index is 2.81. The molecular weight excluding hydrogens is 264 g/mol. The van der Waals surface area contributed by atoms with E-state index in [4.69, 9.17) is 0 Å². The monoisotopic (exact) mass is 278 g/mol. The van der Waals surface area contributed by atoms with Gasteiger partial charge in [0.05, 0.1) is 0 Å². The van der Waals surface area contributed by atoms with Crippen molar-refractivity contribution in [3.8, 4) is 0 Å². The Kier molecular flexibility index (Phi) is 4.24. The highest BCUT2D eigenvalue weighted by Gasteiger charge is 2.34. The van der Waals surface area contributed by atoms with Gasteiger partial charge in [0.15, 0.2) is 0 Å². The van der Waals surface area contributed by atoms with Crippen molar-refractivity contribution in [2.75, 3.05) is 0 Å². The van der Waals surface area contributed by atoms with Gasteiger partial charge in [-0.2, -0.15) is 9.98 Å². The van der Waals surface area contributed by atoms with E-state index in [1.165, 1.54) is 12.2 Å².